The maximum absolute atomic E-state index is 6.12. The van der Waals surface area contributed by atoms with Crippen molar-refractivity contribution in [2.75, 3.05) is 0 Å². The van der Waals surface area contributed by atoms with Crippen molar-refractivity contribution in [3.8, 4) is 0 Å². The Morgan fingerprint density at radius 2 is 1.92 bits per heavy atom. The minimum Gasteiger partial charge on any atom is -0.324 e. The fourth-order valence-electron chi connectivity index (χ4n) is 1.70. The standard InChI is InChI=1S/C12H17N/c1-8-3-4-11(7-9(8)2)12(13)10-5-6-10/h3-4,7,10,12H,5-6,13H2,1-2H3/t12-/m1/s1. The van der Waals surface area contributed by atoms with Crippen LogP contribution >= 0.6 is 0 Å². The van der Waals surface area contributed by atoms with E-state index in [1.165, 1.54) is 29.5 Å². The quantitative estimate of drug-likeness (QED) is 0.734. The highest BCUT2D eigenvalue weighted by molar-refractivity contribution is 5.32. The molecule has 0 amide bonds. The second kappa shape index (κ2) is 3.15. The van der Waals surface area contributed by atoms with Gasteiger partial charge in [-0.15, -0.1) is 0 Å². The molecule has 1 fully saturated rings. The van der Waals surface area contributed by atoms with Crippen molar-refractivity contribution in [3.63, 3.8) is 0 Å². The fraction of sp³-hybridized carbons (Fsp3) is 0.500. The molecule has 2 N–H and O–H groups in total. The van der Waals surface area contributed by atoms with Crippen LogP contribution in [-0.2, 0) is 0 Å². The first-order chi connectivity index (χ1) is 6.18. The summed E-state index contributed by atoms with van der Waals surface area (Å²) >= 11 is 0. The van der Waals surface area contributed by atoms with E-state index in [1.54, 1.807) is 0 Å². The monoisotopic (exact) mass is 175 g/mol. The summed E-state index contributed by atoms with van der Waals surface area (Å²) in [4.78, 5) is 0. The van der Waals surface area contributed by atoms with Crippen molar-refractivity contribution in [1.29, 1.82) is 0 Å². The smallest absolute Gasteiger partial charge is 0.0323 e. The summed E-state index contributed by atoms with van der Waals surface area (Å²) < 4.78 is 0. The third kappa shape index (κ3) is 1.75. The van der Waals surface area contributed by atoms with Gasteiger partial charge in [-0.05, 0) is 49.3 Å². The van der Waals surface area contributed by atoms with Crippen molar-refractivity contribution in [3.05, 3.63) is 34.9 Å². The van der Waals surface area contributed by atoms with E-state index in [2.05, 4.69) is 32.0 Å². The summed E-state index contributed by atoms with van der Waals surface area (Å²) in [6, 6.07) is 6.86. The topological polar surface area (TPSA) is 26.0 Å². The van der Waals surface area contributed by atoms with E-state index in [-0.39, 0.29) is 6.04 Å². The largest absolute Gasteiger partial charge is 0.324 e. The number of nitrogens with two attached hydrogens (primary N) is 1. The average molecular weight is 175 g/mol. The first-order valence-electron chi connectivity index (χ1n) is 5.01. The number of benzene rings is 1. The Kier molecular flexibility index (Phi) is 2.12. The summed E-state index contributed by atoms with van der Waals surface area (Å²) in [6.45, 7) is 4.29. The summed E-state index contributed by atoms with van der Waals surface area (Å²) in [5.41, 5.74) is 10.1. The first kappa shape index (κ1) is 8.76. The Morgan fingerprint density at radius 3 is 2.46 bits per heavy atom. The molecule has 0 heterocycles. The summed E-state index contributed by atoms with van der Waals surface area (Å²) in [5, 5.41) is 0. The van der Waals surface area contributed by atoms with Crippen LogP contribution in [0.5, 0.6) is 0 Å². The molecule has 0 bridgehead atoms. The third-order valence-corrected chi connectivity index (χ3v) is 3.05. The molecule has 0 saturated heterocycles. The van der Waals surface area contributed by atoms with Gasteiger partial charge in [0.25, 0.3) is 0 Å². The van der Waals surface area contributed by atoms with E-state index in [0.717, 1.165) is 5.92 Å². The second-order valence-electron chi connectivity index (χ2n) is 4.21. The number of aryl methyl sites for hydroxylation is 2. The SMILES string of the molecule is Cc1ccc([C@H](N)C2CC2)cc1C. The Balaban J connectivity index is 2.24. The lowest BCUT2D eigenvalue weighted by Gasteiger charge is -2.12. The van der Waals surface area contributed by atoms with Crippen molar-refractivity contribution in [2.45, 2.75) is 32.7 Å². The average Bonchev–Trinajstić information content (AvgIpc) is 2.91. The predicted molar refractivity (Wildman–Crippen MR) is 55.6 cm³/mol. The minimum atomic E-state index is 0.277. The van der Waals surface area contributed by atoms with Crippen LogP contribution in [0.4, 0.5) is 0 Å². The van der Waals surface area contributed by atoms with E-state index >= 15 is 0 Å². The van der Waals surface area contributed by atoms with Crippen LogP contribution in [0.1, 0.15) is 35.6 Å². The lowest BCUT2D eigenvalue weighted by Crippen LogP contribution is -2.12. The Morgan fingerprint density at radius 1 is 1.23 bits per heavy atom. The molecule has 1 aliphatic carbocycles. The van der Waals surface area contributed by atoms with Gasteiger partial charge >= 0.3 is 0 Å². The fourth-order valence-corrected chi connectivity index (χ4v) is 1.70. The molecule has 1 aromatic rings. The lowest BCUT2D eigenvalue weighted by molar-refractivity contribution is 0.633. The van der Waals surface area contributed by atoms with E-state index in [0.29, 0.717) is 0 Å². The van der Waals surface area contributed by atoms with Gasteiger partial charge < -0.3 is 5.73 Å². The maximum Gasteiger partial charge on any atom is 0.0323 e. The van der Waals surface area contributed by atoms with Gasteiger partial charge in [0.15, 0.2) is 0 Å². The Labute approximate surface area is 80.0 Å². The molecule has 1 nitrogen and oxygen atoms in total. The first-order valence-corrected chi connectivity index (χ1v) is 5.01. The normalized spacial score (nSPS) is 18.7. The molecule has 1 atom stereocenters. The molecule has 70 valence electrons. The molecule has 0 unspecified atom stereocenters. The molecule has 1 aromatic carbocycles. The molecule has 13 heavy (non-hydrogen) atoms. The number of hydrogen-bond acceptors (Lipinski definition) is 1. The van der Waals surface area contributed by atoms with Crippen molar-refractivity contribution < 1.29 is 0 Å². The van der Waals surface area contributed by atoms with E-state index < -0.39 is 0 Å². The molecule has 1 aliphatic rings. The van der Waals surface area contributed by atoms with Crippen LogP contribution in [0.25, 0.3) is 0 Å². The highest BCUT2D eigenvalue weighted by atomic mass is 14.7. The van der Waals surface area contributed by atoms with Gasteiger partial charge in [0.1, 0.15) is 0 Å². The number of hydrogen-bond donors (Lipinski definition) is 1. The zero-order valence-corrected chi connectivity index (χ0v) is 8.38. The highest BCUT2D eigenvalue weighted by Gasteiger charge is 2.29. The summed E-state index contributed by atoms with van der Waals surface area (Å²) in [7, 11) is 0. The Bertz CT molecular complexity index is 313. The van der Waals surface area contributed by atoms with Gasteiger partial charge in [-0.1, -0.05) is 18.2 Å². The zero-order valence-electron chi connectivity index (χ0n) is 8.38. The molecular weight excluding hydrogens is 158 g/mol. The van der Waals surface area contributed by atoms with Crippen molar-refractivity contribution >= 4 is 0 Å². The van der Waals surface area contributed by atoms with Crippen LogP contribution < -0.4 is 5.73 Å². The number of rotatable bonds is 2. The second-order valence-corrected chi connectivity index (χ2v) is 4.21. The molecule has 0 aliphatic heterocycles. The van der Waals surface area contributed by atoms with Crippen LogP contribution in [0.2, 0.25) is 0 Å². The summed E-state index contributed by atoms with van der Waals surface area (Å²) in [5.74, 6) is 0.752. The lowest BCUT2D eigenvalue weighted by atomic mass is 9.99. The highest BCUT2D eigenvalue weighted by Crippen LogP contribution is 2.39. The van der Waals surface area contributed by atoms with Crippen LogP contribution in [0.3, 0.4) is 0 Å². The molecule has 2 rings (SSSR count). The Hall–Kier alpha value is -0.820. The van der Waals surface area contributed by atoms with E-state index in [9.17, 15) is 0 Å². The van der Waals surface area contributed by atoms with Gasteiger partial charge in [-0.3, -0.25) is 0 Å². The third-order valence-electron chi connectivity index (χ3n) is 3.05. The van der Waals surface area contributed by atoms with E-state index in [4.69, 9.17) is 5.73 Å². The molecular formula is C12H17N. The van der Waals surface area contributed by atoms with Crippen LogP contribution in [0.15, 0.2) is 18.2 Å². The van der Waals surface area contributed by atoms with Crippen LogP contribution in [0, 0.1) is 19.8 Å². The van der Waals surface area contributed by atoms with Gasteiger partial charge in [0.2, 0.25) is 0 Å². The van der Waals surface area contributed by atoms with Gasteiger partial charge in [0.05, 0.1) is 0 Å². The van der Waals surface area contributed by atoms with Crippen molar-refractivity contribution in [2.24, 2.45) is 11.7 Å². The maximum atomic E-state index is 6.12. The zero-order chi connectivity index (χ0) is 9.42. The van der Waals surface area contributed by atoms with Gasteiger partial charge in [-0.2, -0.15) is 0 Å². The summed E-state index contributed by atoms with van der Waals surface area (Å²) in [6.07, 6.45) is 2.63. The molecule has 1 saturated carbocycles. The molecule has 0 radical (unpaired) electrons. The van der Waals surface area contributed by atoms with Crippen LogP contribution in [-0.4, -0.2) is 0 Å². The van der Waals surface area contributed by atoms with E-state index in [1.807, 2.05) is 0 Å². The predicted octanol–water partition coefficient (Wildman–Crippen LogP) is 2.71. The molecule has 1 heteroatoms. The minimum absolute atomic E-state index is 0.277. The van der Waals surface area contributed by atoms with Gasteiger partial charge in [-0.25, -0.2) is 0 Å². The van der Waals surface area contributed by atoms with Gasteiger partial charge in [0, 0.05) is 6.04 Å². The molecule has 0 aromatic heterocycles. The van der Waals surface area contributed by atoms with Crippen molar-refractivity contribution in [1.82, 2.24) is 0 Å². The molecule has 0 spiro atoms.